The van der Waals surface area contributed by atoms with Crippen molar-refractivity contribution in [1.82, 2.24) is 38.9 Å². The van der Waals surface area contributed by atoms with Crippen molar-refractivity contribution < 1.29 is 13.7 Å². The van der Waals surface area contributed by atoms with Gasteiger partial charge in [0.2, 0.25) is 11.8 Å². The van der Waals surface area contributed by atoms with Gasteiger partial charge in [-0.05, 0) is 18.6 Å². The second-order valence-corrected chi connectivity index (χ2v) is 12.5. The van der Waals surface area contributed by atoms with E-state index in [0.717, 1.165) is 54.3 Å². The highest BCUT2D eigenvalue weighted by molar-refractivity contribution is 7.85. The molecule has 1 amide bonds. The van der Waals surface area contributed by atoms with Gasteiger partial charge >= 0.3 is 0 Å². The molecule has 13 heteroatoms. The van der Waals surface area contributed by atoms with Crippen LogP contribution in [-0.2, 0) is 29.0 Å². The number of benzene rings is 1. The zero-order valence-electron chi connectivity index (χ0n) is 23.5. The van der Waals surface area contributed by atoms with E-state index in [0.29, 0.717) is 74.2 Å². The van der Waals surface area contributed by atoms with Crippen molar-refractivity contribution in [3.63, 3.8) is 0 Å². The van der Waals surface area contributed by atoms with Gasteiger partial charge in [-0.15, -0.1) is 0 Å². The Kier molecular flexibility index (Phi) is 6.95. The largest absolute Gasteiger partial charge is 0.378 e. The fraction of sp³-hybridized carbons (Fsp3) is 0.536. The Labute approximate surface area is 240 Å². The molecule has 3 aliphatic rings. The molecule has 0 radical (unpaired) electrons. The van der Waals surface area contributed by atoms with E-state index in [2.05, 4.69) is 16.7 Å². The molecule has 3 aliphatic heterocycles. The number of para-hydroxylation sites is 2. The summed E-state index contributed by atoms with van der Waals surface area (Å²) in [6, 6.07) is 8.37. The predicted molar refractivity (Wildman–Crippen MR) is 157 cm³/mol. The average Bonchev–Trinajstić information content (AvgIpc) is 3.71. The van der Waals surface area contributed by atoms with Crippen molar-refractivity contribution in [1.29, 1.82) is 0 Å². The number of aryl methyl sites for hydroxylation is 2. The third-order valence-corrected chi connectivity index (χ3v) is 9.96. The van der Waals surface area contributed by atoms with Crippen LogP contribution in [0.3, 0.4) is 0 Å². The minimum absolute atomic E-state index is 0.100. The molecule has 41 heavy (non-hydrogen) atoms. The van der Waals surface area contributed by atoms with Gasteiger partial charge in [0.25, 0.3) is 5.91 Å². The van der Waals surface area contributed by atoms with Crippen LogP contribution in [0.25, 0.3) is 28.1 Å². The summed E-state index contributed by atoms with van der Waals surface area (Å²) in [5, 5.41) is 0. The Balaban J connectivity index is 1.27. The SMILES string of the molecule is CCc1nc2ccccc2n1-c1nc(N2CCOCC2)c2nc(C(=O)N3CCN(C4CCS(=O)C4)CC3)n(C)c2n1. The smallest absolute Gasteiger partial charge is 0.290 e. The first kappa shape index (κ1) is 26.5. The van der Waals surface area contributed by atoms with Gasteiger partial charge in [0.15, 0.2) is 17.0 Å². The first-order chi connectivity index (χ1) is 20.0. The maximum absolute atomic E-state index is 13.8. The number of hydrogen-bond acceptors (Lipinski definition) is 9. The van der Waals surface area contributed by atoms with Crippen molar-refractivity contribution >= 4 is 44.7 Å². The van der Waals surface area contributed by atoms with E-state index in [-0.39, 0.29) is 5.91 Å². The van der Waals surface area contributed by atoms with Crippen molar-refractivity contribution in [2.24, 2.45) is 7.05 Å². The number of imidazole rings is 2. The summed E-state index contributed by atoms with van der Waals surface area (Å²) < 4.78 is 21.3. The van der Waals surface area contributed by atoms with Crippen molar-refractivity contribution in [2.75, 3.05) is 68.9 Å². The number of fused-ring (bicyclic) bond motifs is 2. The maximum Gasteiger partial charge on any atom is 0.290 e. The monoisotopic (exact) mass is 577 g/mol. The number of rotatable bonds is 5. The second-order valence-electron chi connectivity index (χ2n) is 10.9. The van der Waals surface area contributed by atoms with E-state index in [4.69, 9.17) is 24.7 Å². The predicted octanol–water partition coefficient (Wildman–Crippen LogP) is 1.38. The number of morpholine rings is 1. The molecule has 0 N–H and O–H groups in total. The zero-order chi connectivity index (χ0) is 28.1. The number of carbonyl (C=O) groups excluding carboxylic acids is 1. The van der Waals surface area contributed by atoms with Crippen LogP contribution in [0.4, 0.5) is 5.82 Å². The highest BCUT2D eigenvalue weighted by atomic mass is 32.2. The average molecular weight is 578 g/mol. The number of hydrogen-bond donors (Lipinski definition) is 0. The van der Waals surface area contributed by atoms with E-state index in [1.165, 1.54) is 0 Å². The zero-order valence-corrected chi connectivity index (χ0v) is 24.3. The van der Waals surface area contributed by atoms with Gasteiger partial charge in [0.05, 0.1) is 24.2 Å². The van der Waals surface area contributed by atoms with E-state index >= 15 is 0 Å². The Morgan fingerprint density at radius 1 is 1.02 bits per heavy atom. The number of piperazine rings is 1. The van der Waals surface area contributed by atoms with Crippen LogP contribution in [0.5, 0.6) is 0 Å². The molecule has 216 valence electrons. The van der Waals surface area contributed by atoms with Crippen LogP contribution >= 0.6 is 0 Å². The molecule has 2 unspecified atom stereocenters. The highest BCUT2D eigenvalue weighted by Crippen LogP contribution is 2.29. The van der Waals surface area contributed by atoms with Crippen LogP contribution in [-0.4, -0.2) is 119 Å². The summed E-state index contributed by atoms with van der Waals surface area (Å²) in [7, 11) is 1.15. The highest BCUT2D eigenvalue weighted by Gasteiger charge is 2.33. The molecule has 3 saturated heterocycles. The molecule has 2 atom stereocenters. The maximum atomic E-state index is 13.8. The number of anilines is 1. The normalized spacial score (nSPS) is 22.3. The molecular formula is C28H35N9O3S. The molecular weight excluding hydrogens is 542 g/mol. The molecule has 0 saturated carbocycles. The quantitative estimate of drug-likeness (QED) is 0.347. The van der Waals surface area contributed by atoms with Crippen LogP contribution < -0.4 is 4.90 Å². The van der Waals surface area contributed by atoms with Gasteiger partial charge in [-0.3, -0.25) is 18.5 Å². The lowest BCUT2D eigenvalue weighted by molar-refractivity contribution is 0.0574. The minimum Gasteiger partial charge on any atom is -0.378 e. The fourth-order valence-corrected chi connectivity index (χ4v) is 7.74. The van der Waals surface area contributed by atoms with Gasteiger partial charge in [-0.1, -0.05) is 19.1 Å². The molecule has 1 aromatic carbocycles. The lowest BCUT2D eigenvalue weighted by Gasteiger charge is -2.37. The van der Waals surface area contributed by atoms with Gasteiger partial charge in [-0.25, -0.2) is 9.97 Å². The molecule has 0 bridgehead atoms. The van der Waals surface area contributed by atoms with Crippen LogP contribution in [0.2, 0.25) is 0 Å². The van der Waals surface area contributed by atoms with E-state index in [9.17, 15) is 9.00 Å². The Bertz CT molecular complexity index is 1640. The topological polar surface area (TPSA) is 115 Å². The first-order valence-electron chi connectivity index (χ1n) is 14.4. The van der Waals surface area contributed by atoms with E-state index in [1.807, 2.05) is 45.3 Å². The third kappa shape index (κ3) is 4.69. The summed E-state index contributed by atoms with van der Waals surface area (Å²) in [4.78, 5) is 40.0. The number of ether oxygens (including phenoxy) is 1. The van der Waals surface area contributed by atoms with Crippen molar-refractivity contribution in [3.05, 3.63) is 35.9 Å². The van der Waals surface area contributed by atoms with Crippen LogP contribution in [0.15, 0.2) is 24.3 Å². The minimum atomic E-state index is -0.708. The molecule has 3 aromatic heterocycles. The molecule has 0 aliphatic carbocycles. The van der Waals surface area contributed by atoms with Crippen molar-refractivity contribution in [2.45, 2.75) is 25.8 Å². The Morgan fingerprint density at radius 3 is 2.54 bits per heavy atom. The molecule has 0 spiro atoms. The Morgan fingerprint density at radius 2 is 1.80 bits per heavy atom. The molecule has 3 fully saturated rings. The summed E-state index contributed by atoms with van der Waals surface area (Å²) >= 11 is 0. The van der Waals surface area contributed by atoms with Crippen molar-refractivity contribution in [3.8, 4) is 5.95 Å². The van der Waals surface area contributed by atoms with Gasteiger partial charge in [-0.2, -0.15) is 9.97 Å². The van der Waals surface area contributed by atoms with E-state index in [1.54, 1.807) is 0 Å². The molecule has 7 rings (SSSR count). The first-order valence-corrected chi connectivity index (χ1v) is 15.9. The lowest BCUT2D eigenvalue weighted by Crippen LogP contribution is -2.52. The second kappa shape index (κ2) is 10.8. The summed E-state index contributed by atoms with van der Waals surface area (Å²) in [6.07, 6.45) is 1.70. The molecule has 12 nitrogen and oxygen atoms in total. The molecule has 6 heterocycles. The summed E-state index contributed by atoms with van der Waals surface area (Å²) in [5.41, 5.74) is 3.08. The van der Waals surface area contributed by atoms with Gasteiger partial charge in [0, 0.05) is 81.1 Å². The number of nitrogens with zero attached hydrogens (tertiary/aromatic N) is 9. The van der Waals surface area contributed by atoms with E-state index < -0.39 is 10.8 Å². The lowest BCUT2D eigenvalue weighted by atomic mass is 10.2. The third-order valence-electron chi connectivity index (χ3n) is 8.51. The number of aromatic nitrogens is 6. The van der Waals surface area contributed by atoms with Crippen LogP contribution in [0, 0.1) is 0 Å². The molecule has 4 aromatic rings. The van der Waals surface area contributed by atoms with Gasteiger partial charge < -0.3 is 19.1 Å². The fourth-order valence-electron chi connectivity index (χ4n) is 6.23. The summed E-state index contributed by atoms with van der Waals surface area (Å²) in [5.74, 6) is 3.90. The summed E-state index contributed by atoms with van der Waals surface area (Å²) in [6.45, 7) is 7.47. The Hall–Kier alpha value is -3.42. The van der Waals surface area contributed by atoms with Gasteiger partial charge in [0.1, 0.15) is 5.82 Å². The number of carbonyl (C=O) groups is 1. The standard InChI is InChI=1S/C28H35N9O3S/c1-3-22-29-20-6-4-5-7-21(20)37(22)28-31-24-23(25(32-28)35-13-15-40-16-14-35)30-26(33(24)2)27(38)36-11-9-34(10-12-36)19-8-17-41(39)18-19/h4-7,19H,3,8-18H2,1-2H3. The number of amides is 1. The van der Waals surface area contributed by atoms with Crippen LogP contribution in [0.1, 0.15) is 29.8 Å².